The van der Waals surface area contributed by atoms with Gasteiger partial charge >= 0.3 is 0 Å². The highest BCUT2D eigenvalue weighted by Crippen LogP contribution is 2.23. The maximum absolute atomic E-state index is 13.3. The summed E-state index contributed by atoms with van der Waals surface area (Å²) < 4.78 is 26.2. The van der Waals surface area contributed by atoms with Crippen LogP contribution in [0.15, 0.2) is 30.3 Å². The van der Waals surface area contributed by atoms with Crippen molar-refractivity contribution < 1.29 is 8.78 Å². The van der Waals surface area contributed by atoms with Gasteiger partial charge in [0.15, 0.2) is 11.6 Å². The van der Waals surface area contributed by atoms with Gasteiger partial charge in [-0.1, -0.05) is 0 Å². The number of nitrogens with one attached hydrogen (secondary N) is 1. The van der Waals surface area contributed by atoms with E-state index < -0.39 is 11.6 Å². The molecule has 1 aromatic heterocycles. The van der Waals surface area contributed by atoms with Gasteiger partial charge in [0.2, 0.25) is 0 Å². The minimum absolute atomic E-state index is 0.106. The summed E-state index contributed by atoms with van der Waals surface area (Å²) in [4.78, 5) is 4.30. The van der Waals surface area contributed by atoms with E-state index in [-0.39, 0.29) is 6.04 Å². The third-order valence-electron chi connectivity index (χ3n) is 2.66. The smallest absolute Gasteiger partial charge is 0.159 e. The lowest BCUT2D eigenvalue weighted by Gasteiger charge is -2.12. The second-order valence-electron chi connectivity index (χ2n) is 4.63. The van der Waals surface area contributed by atoms with E-state index in [1.54, 1.807) is 12.1 Å². The number of hydrogen-bond acceptors (Lipinski definition) is 3. The number of pyridine rings is 1. The van der Waals surface area contributed by atoms with E-state index in [2.05, 4.69) is 10.3 Å². The molecule has 0 unspecified atom stereocenters. The Bertz CT molecular complexity index is 675. The lowest BCUT2D eigenvalue weighted by Crippen LogP contribution is -2.12. The molecule has 0 saturated heterocycles. The fourth-order valence-corrected chi connectivity index (χ4v) is 1.75. The number of aromatic nitrogens is 1. The number of halogens is 2. The molecule has 0 saturated carbocycles. The third kappa shape index (κ3) is 2.91. The molecule has 0 fully saturated rings. The van der Waals surface area contributed by atoms with Crippen LogP contribution in [0.2, 0.25) is 0 Å². The van der Waals surface area contributed by atoms with Crippen LogP contribution in [0.3, 0.4) is 0 Å². The van der Waals surface area contributed by atoms with Gasteiger partial charge in [0.1, 0.15) is 11.9 Å². The van der Waals surface area contributed by atoms with Crippen LogP contribution < -0.4 is 5.32 Å². The first-order valence-corrected chi connectivity index (χ1v) is 6.14. The van der Waals surface area contributed by atoms with Gasteiger partial charge in [0.25, 0.3) is 0 Å². The predicted octanol–water partition coefficient (Wildman–Crippen LogP) is 3.72. The molecule has 0 amide bonds. The summed E-state index contributed by atoms with van der Waals surface area (Å²) in [6.07, 6.45) is 0. The lowest BCUT2D eigenvalue weighted by atomic mass is 10.1. The Morgan fingerprint density at radius 3 is 2.50 bits per heavy atom. The summed E-state index contributed by atoms with van der Waals surface area (Å²) in [6.45, 7) is 3.85. The van der Waals surface area contributed by atoms with Gasteiger partial charge in [0, 0.05) is 11.6 Å². The van der Waals surface area contributed by atoms with Crippen LogP contribution in [0.1, 0.15) is 19.4 Å². The summed E-state index contributed by atoms with van der Waals surface area (Å²) in [5.41, 5.74) is 1.34. The molecule has 3 nitrogen and oxygen atoms in total. The molecule has 2 aromatic rings. The standard InChI is InChI=1S/C15H13F2N3/c1-9(2)19-15-11(8-18)4-6-14(20-15)10-3-5-12(16)13(17)7-10/h3-7,9H,1-2H3,(H,19,20). The van der Waals surface area contributed by atoms with Crippen molar-refractivity contribution in [1.82, 2.24) is 4.98 Å². The lowest BCUT2D eigenvalue weighted by molar-refractivity contribution is 0.509. The van der Waals surface area contributed by atoms with Crippen molar-refractivity contribution in [2.24, 2.45) is 0 Å². The first-order chi connectivity index (χ1) is 9.51. The van der Waals surface area contributed by atoms with Gasteiger partial charge in [-0.05, 0) is 44.2 Å². The molecule has 0 aliphatic rings. The number of rotatable bonds is 3. The Morgan fingerprint density at radius 1 is 1.15 bits per heavy atom. The van der Waals surface area contributed by atoms with E-state index >= 15 is 0 Å². The molecule has 20 heavy (non-hydrogen) atoms. The van der Waals surface area contributed by atoms with Crippen LogP contribution >= 0.6 is 0 Å². The maximum atomic E-state index is 13.3. The highest BCUT2D eigenvalue weighted by Gasteiger charge is 2.10. The molecule has 0 aliphatic carbocycles. The van der Waals surface area contributed by atoms with Gasteiger partial charge in [-0.25, -0.2) is 13.8 Å². The van der Waals surface area contributed by atoms with Crippen LogP contribution in [0.5, 0.6) is 0 Å². The summed E-state index contributed by atoms with van der Waals surface area (Å²) in [6, 6.07) is 8.95. The van der Waals surface area contributed by atoms with Crippen LogP contribution in [-0.4, -0.2) is 11.0 Å². The van der Waals surface area contributed by atoms with E-state index in [0.717, 1.165) is 12.1 Å². The quantitative estimate of drug-likeness (QED) is 0.927. The van der Waals surface area contributed by atoms with Gasteiger partial charge in [-0.3, -0.25) is 0 Å². The first kappa shape index (κ1) is 13.9. The van der Waals surface area contributed by atoms with Crippen molar-refractivity contribution >= 4 is 5.82 Å². The second kappa shape index (κ2) is 5.66. The number of nitriles is 1. The fourth-order valence-electron chi connectivity index (χ4n) is 1.75. The summed E-state index contributed by atoms with van der Waals surface area (Å²) in [7, 11) is 0. The number of benzene rings is 1. The largest absolute Gasteiger partial charge is 0.367 e. The Balaban J connectivity index is 2.47. The second-order valence-corrected chi connectivity index (χ2v) is 4.63. The maximum Gasteiger partial charge on any atom is 0.159 e. The van der Waals surface area contributed by atoms with E-state index in [4.69, 9.17) is 5.26 Å². The molecule has 0 bridgehead atoms. The normalized spacial score (nSPS) is 10.4. The van der Waals surface area contributed by atoms with Crippen molar-refractivity contribution in [3.63, 3.8) is 0 Å². The number of anilines is 1. The van der Waals surface area contributed by atoms with E-state index in [9.17, 15) is 8.78 Å². The molecular weight excluding hydrogens is 260 g/mol. The van der Waals surface area contributed by atoms with Gasteiger partial charge < -0.3 is 5.32 Å². The number of hydrogen-bond donors (Lipinski definition) is 1. The molecular formula is C15H13F2N3. The zero-order valence-electron chi connectivity index (χ0n) is 11.1. The van der Waals surface area contributed by atoms with Crippen LogP contribution in [0, 0.1) is 23.0 Å². The summed E-state index contributed by atoms with van der Waals surface area (Å²) in [5.74, 6) is -1.39. The molecule has 1 heterocycles. The van der Waals surface area contributed by atoms with Gasteiger partial charge in [-0.15, -0.1) is 0 Å². The molecule has 0 radical (unpaired) electrons. The van der Waals surface area contributed by atoms with Crippen LogP contribution in [0.25, 0.3) is 11.3 Å². The van der Waals surface area contributed by atoms with Crippen molar-refractivity contribution in [3.05, 3.63) is 47.5 Å². The minimum Gasteiger partial charge on any atom is -0.367 e. The zero-order valence-corrected chi connectivity index (χ0v) is 11.1. The van der Waals surface area contributed by atoms with Crippen LogP contribution in [-0.2, 0) is 0 Å². The molecule has 1 aromatic carbocycles. The highest BCUT2D eigenvalue weighted by molar-refractivity contribution is 5.65. The Hall–Kier alpha value is -2.48. The Labute approximate surface area is 115 Å². The van der Waals surface area contributed by atoms with Gasteiger partial charge in [-0.2, -0.15) is 5.26 Å². The average molecular weight is 273 g/mol. The first-order valence-electron chi connectivity index (χ1n) is 6.14. The Kier molecular flexibility index (Phi) is 3.94. The van der Waals surface area contributed by atoms with Gasteiger partial charge in [0.05, 0.1) is 11.3 Å². The van der Waals surface area contributed by atoms with E-state index in [1.165, 1.54) is 6.07 Å². The molecule has 0 atom stereocenters. The number of nitrogens with zero attached hydrogens (tertiary/aromatic N) is 2. The SMILES string of the molecule is CC(C)Nc1nc(-c2ccc(F)c(F)c2)ccc1C#N. The topological polar surface area (TPSA) is 48.7 Å². The molecule has 102 valence electrons. The molecule has 0 aliphatic heterocycles. The van der Waals surface area contributed by atoms with Crippen molar-refractivity contribution in [1.29, 1.82) is 5.26 Å². The third-order valence-corrected chi connectivity index (χ3v) is 2.66. The Morgan fingerprint density at radius 2 is 1.90 bits per heavy atom. The molecule has 5 heteroatoms. The monoisotopic (exact) mass is 273 g/mol. The van der Waals surface area contributed by atoms with Crippen LogP contribution in [0.4, 0.5) is 14.6 Å². The summed E-state index contributed by atoms with van der Waals surface area (Å²) >= 11 is 0. The predicted molar refractivity (Wildman–Crippen MR) is 73.1 cm³/mol. The average Bonchev–Trinajstić information content (AvgIpc) is 2.41. The van der Waals surface area contributed by atoms with Crippen molar-refractivity contribution in [2.45, 2.75) is 19.9 Å². The summed E-state index contributed by atoms with van der Waals surface area (Å²) in [5, 5.41) is 12.1. The molecule has 1 N–H and O–H groups in total. The van der Waals surface area contributed by atoms with E-state index in [1.807, 2.05) is 19.9 Å². The van der Waals surface area contributed by atoms with E-state index in [0.29, 0.717) is 22.6 Å². The fraction of sp³-hybridized carbons (Fsp3) is 0.200. The molecule has 2 rings (SSSR count). The van der Waals surface area contributed by atoms with Crippen molar-refractivity contribution in [3.8, 4) is 17.3 Å². The van der Waals surface area contributed by atoms with Crippen molar-refractivity contribution in [2.75, 3.05) is 5.32 Å². The zero-order chi connectivity index (χ0) is 14.7. The minimum atomic E-state index is -0.924. The highest BCUT2D eigenvalue weighted by atomic mass is 19.2. The molecule has 0 spiro atoms.